The molecule has 0 saturated carbocycles. The summed E-state index contributed by atoms with van der Waals surface area (Å²) in [6, 6.07) is 22.4. The van der Waals surface area contributed by atoms with E-state index in [4.69, 9.17) is 10.7 Å². The summed E-state index contributed by atoms with van der Waals surface area (Å²) in [5.41, 5.74) is 13.5. The number of thiophene rings is 1. The molecule has 0 aliphatic carbocycles. The lowest BCUT2D eigenvalue weighted by molar-refractivity contribution is 0.874. The van der Waals surface area contributed by atoms with Gasteiger partial charge in [-0.05, 0) is 41.1 Å². The van der Waals surface area contributed by atoms with Gasteiger partial charge in [0.15, 0.2) is 0 Å². The molecule has 0 saturated heterocycles. The lowest BCUT2D eigenvalue weighted by Gasteiger charge is -2.14. The molecule has 0 fully saturated rings. The number of hydrogen-bond acceptors (Lipinski definition) is 4. The van der Waals surface area contributed by atoms with Crippen molar-refractivity contribution >= 4 is 34.6 Å². The van der Waals surface area contributed by atoms with Gasteiger partial charge in [-0.2, -0.15) is 0 Å². The standard InChI is InChI=1S/C27H23N3OS.ClH/c1-17-12-24(32-16-17)23-15-30(2)27(31)22-13-21(19-6-4-3-5-7-19)25(29-26(22)23)20-10-8-18(14-28)9-11-20;/h3-13,15-16H,14,28H2,1-2H3;1H. The molecule has 5 rings (SSSR count). The zero-order valence-electron chi connectivity index (χ0n) is 18.4. The first-order valence-electron chi connectivity index (χ1n) is 10.5. The van der Waals surface area contributed by atoms with E-state index in [-0.39, 0.29) is 18.0 Å². The minimum atomic E-state index is -0.0493. The number of halogens is 1. The van der Waals surface area contributed by atoms with E-state index in [2.05, 4.69) is 42.6 Å². The molecule has 0 unspecified atom stereocenters. The number of pyridine rings is 2. The van der Waals surface area contributed by atoms with Crippen molar-refractivity contribution in [3.8, 4) is 32.8 Å². The van der Waals surface area contributed by atoms with Gasteiger partial charge in [-0.1, -0.05) is 54.6 Å². The monoisotopic (exact) mass is 473 g/mol. The van der Waals surface area contributed by atoms with Crippen molar-refractivity contribution in [2.75, 3.05) is 0 Å². The summed E-state index contributed by atoms with van der Waals surface area (Å²) in [6.07, 6.45) is 1.90. The number of benzene rings is 2. The molecule has 166 valence electrons. The minimum absolute atomic E-state index is 0. The third kappa shape index (κ3) is 4.23. The van der Waals surface area contributed by atoms with Gasteiger partial charge in [0.25, 0.3) is 5.56 Å². The summed E-state index contributed by atoms with van der Waals surface area (Å²) in [7, 11) is 1.80. The fraction of sp³-hybridized carbons (Fsp3) is 0.111. The van der Waals surface area contributed by atoms with Crippen molar-refractivity contribution in [1.82, 2.24) is 9.55 Å². The maximum atomic E-state index is 13.1. The van der Waals surface area contributed by atoms with E-state index in [0.29, 0.717) is 11.9 Å². The number of aryl methyl sites for hydroxylation is 2. The summed E-state index contributed by atoms with van der Waals surface area (Å²) in [4.78, 5) is 19.4. The van der Waals surface area contributed by atoms with Crippen LogP contribution < -0.4 is 11.3 Å². The molecule has 0 amide bonds. The molecule has 6 heteroatoms. The number of nitrogens with two attached hydrogens (primary N) is 1. The van der Waals surface area contributed by atoms with Crippen molar-refractivity contribution in [2.45, 2.75) is 13.5 Å². The average Bonchev–Trinajstić information content (AvgIpc) is 3.27. The Hall–Kier alpha value is -3.25. The van der Waals surface area contributed by atoms with Crippen LogP contribution in [0, 0.1) is 6.92 Å². The van der Waals surface area contributed by atoms with Crippen molar-refractivity contribution < 1.29 is 0 Å². The molecule has 33 heavy (non-hydrogen) atoms. The Morgan fingerprint density at radius 3 is 2.33 bits per heavy atom. The van der Waals surface area contributed by atoms with Crippen molar-refractivity contribution in [3.63, 3.8) is 0 Å². The van der Waals surface area contributed by atoms with E-state index in [1.165, 1.54) is 5.56 Å². The normalized spacial score (nSPS) is 10.9. The number of rotatable bonds is 4. The van der Waals surface area contributed by atoms with Gasteiger partial charge in [0, 0.05) is 41.4 Å². The molecule has 0 atom stereocenters. The van der Waals surface area contributed by atoms with Gasteiger partial charge in [-0.25, -0.2) is 4.98 Å². The summed E-state index contributed by atoms with van der Waals surface area (Å²) in [5, 5.41) is 2.74. The van der Waals surface area contributed by atoms with Crippen LogP contribution in [0.2, 0.25) is 0 Å². The van der Waals surface area contributed by atoms with E-state index in [1.807, 2.05) is 42.6 Å². The van der Waals surface area contributed by atoms with Gasteiger partial charge in [0.05, 0.1) is 16.6 Å². The predicted molar refractivity (Wildman–Crippen MR) is 141 cm³/mol. The molecule has 0 aliphatic rings. The largest absolute Gasteiger partial charge is 0.326 e. The van der Waals surface area contributed by atoms with Crippen LogP contribution in [0.4, 0.5) is 0 Å². The number of hydrogen-bond donors (Lipinski definition) is 1. The van der Waals surface area contributed by atoms with Crippen LogP contribution >= 0.6 is 23.7 Å². The first-order chi connectivity index (χ1) is 15.5. The summed E-state index contributed by atoms with van der Waals surface area (Å²) < 4.78 is 1.65. The van der Waals surface area contributed by atoms with Crippen LogP contribution in [-0.2, 0) is 13.6 Å². The van der Waals surface area contributed by atoms with Gasteiger partial charge < -0.3 is 10.3 Å². The van der Waals surface area contributed by atoms with E-state index >= 15 is 0 Å². The van der Waals surface area contributed by atoms with Gasteiger partial charge >= 0.3 is 0 Å². The summed E-state index contributed by atoms with van der Waals surface area (Å²) in [5.74, 6) is 0. The maximum absolute atomic E-state index is 13.1. The lowest BCUT2D eigenvalue weighted by Crippen LogP contribution is -2.17. The van der Waals surface area contributed by atoms with Crippen LogP contribution in [0.3, 0.4) is 0 Å². The van der Waals surface area contributed by atoms with Crippen LogP contribution in [0.15, 0.2) is 83.1 Å². The molecule has 0 aliphatic heterocycles. The smallest absolute Gasteiger partial charge is 0.259 e. The highest BCUT2D eigenvalue weighted by atomic mass is 35.5. The second-order valence-corrected chi connectivity index (χ2v) is 8.91. The van der Waals surface area contributed by atoms with E-state index in [1.54, 1.807) is 23.0 Å². The third-order valence-corrected chi connectivity index (χ3v) is 6.78. The van der Waals surface area contributed by atoms with Gasteiger partial charge in [0.1, 0.15) is 0 Å². The van der Waals surface area contributed by atoms with E-state index in [0.717, 1.165) is 43.9 Å². The molecule has 2 N–H and O–H groups in total. The molecule has 5 aromatic rings. The SMILES string of the molecule is Cc1csc(-c2cn(C)c(=O)c3cc(-c4ccccc4)c(-c4ccc(CN)cc4)nc23)c1.Cl. The fourth-order valence-corrected chi connectivity index (χ4v) is 4.91. The predicted octanol–water partition coefficient (Wildman–Crippen LogP) is 6.18. The summed E-state index contributed by atoms with van der Waals surface area (Å²) >= 11 is 1.67. The number of nitrogens with zero attached hydrogens (tertiary/aromatic N) is 2. The van der Waals surface area contributed by atoms with Crippen LogP contribution in [-0.4, -0.2) is 9.55 Å². The lowest BCUT2D eigenvalue weighted by atomic mass is 9.96. The molecule has 0 bridgehead atoms. The second kappa shape index (κ2) is 9.32. The van der Waals surface area contributed by atoms with E-state index < -0.39 is 0 Å². The highest BCUT2D eigenvalue weighted by Gasteiger charge is 2.18. The van der Waals surface area contributed by atoms with Gasteiger partial charge in [0.2, 0.25) is 0 Å². The van der Waals surface area contributed by atoms with E-state index in [9.17, 15) is 4.79 Å². The Labute approximate surface area is 202 Å². The zero-order valence-corrected chi connectivity index (χ0v) is 20.0. The van der Waals surface area contributed by atoms with Gasteiger partial charge in [-0.15, -0.1) is 23.7 Å². The van der Waals surface area contributed by atoms with Crippen LogP contribution in [0.1, 0.15) is 11.1 Å². The average molecular weight is 474 g/mol. The minimum Gasteiger partial charge on any atom is -0.326 e. The quantitative estimate of drug-likeness (QED) is 0.338. The first-order valence-corrected chi connectivity index (χ1v) is 11.4. The first kappa shape index (κ1) is 22.9. The summed E-state index contributed by atoms with van der Waals surface area (Å²) in [6.45, 7) is 2.57. The molecule has 3 aromatic heterocycles. The Morgan fingerprint density at radius 1 is 0.970 bits per heavy atom. The third-order valence-electron chi connectivity index (χ3n) is 5.70. The second-order valence-electron chi connectivity index (χ2n) is 7.99. The fourth-order valence-electron chi connectivity index (χ4n) is 3.99. The topological polar surface area (TPSA) is 60.9 Å². The Morgan fingerprint density at radius 2 is 1.70 bits per heavy atom. The Balaban J connectivity index is 0.00000259. The molecule has 0 radical (unpaired) electrons. The number of aromatic nitrogens is 2. The molecule has 0 spiro atoms. The molecular weight excluding hydrogens is 450 g/mol. The van der Waals surface area contributed by atoms with Crippen LogP contribution in [0.5, 0.6) is 0 Å². The molecule has 3 heterocycles. The van der Waals surface area contributed by atoms with Gasteiger partial charge in [-0.3, -0.25) is 4.79 Å². The molecular formula is C27H24ClN3OS. The zero-order chi connectivity index (χ0) is 22.2. The number of fused-ring (bicyclic) bond motifs is 1. The Bertz CT molecular complexity index is 1490. The molecule has 2 aromatic carbocycles. The van der Waals surface area contributed by atoms with Crippen molar-refractivity contribution in [3.05, 3.63) is 99.8 Å². The highest BCUT2D eigenvalue weighted by molar-refractivity contribution is 7.13. The van der Waals surface area contributed by atoms with Crippen molar-refractivity contribution in [1.29, 1.82) is 0 Å². The molecule has 4 nitrogen and oxygen atoms in total. The van der Waals surface area contributed by atoms with Crippen molar-refractivity contribution in [2.24, 2.45) is 12.8 Å². The Kier molecular flexibility index (Phi) is 6.47. The highest BCUT2D eigenvalue weighted by Crippen LogP contribution is 2.37. The van der Waals surface area contributed by atoms with Crippen LogP contribution in [0.25, 0.3) is 43.7 Å². The maximum Gasteiger partial charge on any atom is 0.259 e.